The van der Waals surface area contributed by atoms with Crippen LogP contribution in [0.2, 0.25) is 30.1 Å². The van der Waals surface area contributed by atoms with Crippen molar-refractivity contribution in [2.75, 3.05) is 0 Å². The molecule has 4 heterocycles. The van der Waals surface area contributed by atoms with E-state index < -0.39 is 47.2 Å². The molecule has 4 N–H and O–H groups in total. The van der Waals surface area contributed by atoms with Gasteiger partial charge in [-0.1, -0.05) is 166 Å². The minimum absolute atomic E-state index is 0. The van der Waals surface area contributed by atoms with Crippen LogP contribution >= 0.6 is 81.2 Å². The van der Waals surface area contributed by atoms with Crippen molar-refractivity contribution in [2.24, 2.45) is 23.7 Å². The Kier molecular flexibility index (Phi) is 14.2. The summed E-state index contributed by atoms with van der Waals surface area (Å²) in [5, 5.41) is 44.8. The van der Waals surface area contributed by atoms with Crippen LogP contribution < -0.4 is 9.47 Å². The molecule has 11 rings (SSSR count). The van der Waals surface area contributed by atoms with Gasteiger partial charge in [0, 0.05) is 39.0 Å². The Morgan fingerprint density at radius 1 is 0.521 bits per heavy atom. The van der Waals surface area contributed by atoms with Crippen molar-refractivity contribution in [3.05, 3.63) is 187 Å². The quantitative estimate of drug-likeness (QED) is 0.129. The van der Waals surface area contributed by atoms with E-state index in [1.54, 1.807) is 32.0 Å². The van der Waals surface area contributed by atoms with Gasteiger partial charge < -0.3 is 39.4 Å². The number of hydrogen-bond donors (Lipinski definition) is 4. The number of hydrogen-bond acceptors (Lipinski definition) is 10. The van der Waals surface area contributed by atoms with Gasteiger partial charge in [-0.05, 0) is 78.8 Å². The normalized spacial score (nSPS) is 23.8. The van der Waals surface area contributed by atoms with Crippen LogP contribution in [0.1, 0.15) is 102 Å². The number of aromatic hydroxyl groups is 2. The fourth-order valence-corrected chi connectivity index (χ4v) is 12.3. The first-order valence-electron chi connectivity index (χ1n) is 22.4. The van der Waals surface area contributed by atoms with E-state index in [2.05, 4.69) is 0 Å². The van der Waals surface area contributed by atoms with E-state index in [1.165, 1.54) is 18.2 Å². The molecule has 0 bridgehead atoms. The fourth-order valence-electron chi connectivity index (χ4n) is 10.8. The summed E-state index contributed by atoms with van der Waals surface area (Å²) in [6.45, 7) is 11.1. The second-order valence-corrected chi connectivity index (χ2v) is 21.6. The molecule has 73 heavy (non-hydrogen) atoms. The smallest absolute Gasteiger partial charge is 0.339 e. The molecule has 0 fully saturated rings. The molecule has 382 valence electrons. The lowest BCUT2D eigenvalue weighted by molar-refractivity contribution is -0.0444. The Labute approximate surface area is 457 Å². The van der Waals surface area contributed by atoms with E-state index in [4.69, 9.17) is 100 Å². The molecule has 2 spiro atoms. The maximum atomic E-state index is 13.4. The van der Waals surface area contributed by atoms with Gasteiger partial charge in [-0.25, -0.2) is 9.59 Å². The molecule has 4 aliphatic heterocycles. The van der Waals surface area contributed by atoms with Gasteiger partial charge in [0.05, 0.1) is 53.1 Å². The first-order chi connectivity index (χ1) is 33.5. The van der Waals surface area contributed by atoms with E-state index in [0.717, 1.165) is 5.56 Å². The minimum Gasteiger partial charge on any atom is -0.507 e. The number of aliphatic hydroxyl groups excluding tert-OH is 2. The Morgan fingerprint density at radius 2 is 0.904 bits per heavy atom. The third kappa shape index (κ3) is 7.88. The average Bonchev–Trinajstić information content (AvgIpc) is 3.76. The van der Waals surface area contributed by atoms with Crippen LogP contribution in [0.4, 0.5) is 0 Å². The molecule has 0 radical (unpaired) electrons. The average molecular weight is 1130 g/mol. The summed E-state index contributed by atoms with van der Waals surface area (Å²) >= 11 is 44.9. The van der Waals surface area contributed by atoms with Crippen LogP contribution in [0.5, 0.6) is 23.0 Å². The van der Waals surface area contributed by atoms with Crippen LogP contribution in [-0.4, -0.2) is 44.6 Å². The zero-order chi connectivity index (χ0) is 51.1. The van der Waals surface area contributed by atoms with Gasteiger partial charge in [0.1, 0.15) is 51.8 Å². The number of esters is 2. The monoisotopic (exact) mass is 1130 g/mol. The first kappa shape index (κ1) is 54.1. The van der Waals surface area contributed by atoms with Crippen molar-refractivity contribution in [3.63, 3.8) is 0 Å². The number of carbonyl (C=O) groups excluding carboxylic acids is 2. The summed E-state index contributed by atoms with van der Waals surface area (Å²) in [5.74, 6) is -2.24. The molecule has 0 saturated heterocycles. The number of ether oxygens (including phenoxy) is 4. The molecule has 10 nitrogen and oxygen atoms in total. The SMILES string of the molecule is C.C.Cc1c(O)c(Cl)cc2c1OC1C(Cl)=C(O)C(C(C)C)=CC1C21OC(=O)c2cc(Cl)c(Cl)cc21.Cc1c(O)c(Cl)cc2c1OC1C(c3ccccc3)=C(O)C(C(C)C)=CC1C21OC(=O)c2cc(Cl)c(Cl)cc21. The molecular formula is C56H49Cl7O10. The second-order valence-electron chi connectivity index (χ2n) is 18.8. The van der Waals surface area contributed by atoms with Crippen LogP contribution in [0.3, 0.4) is 0 Å². The molecule has 0 amide bonds. The van der Waals surface area contributed by atoms with E-state index >= 15 is 0 Å². The van der Waals surface area contributed by atoms with Gasteiger partial charge in [-0.15, -0.1) is 0 Å². The highest BCUT2D eigenvalue weighted by Gasteiger charge is 2.63. The van der Waals surface area contributed by atoms with Crippen LogP contribution in [0, 0.1) is 37.5 Å². The zero-order valence-corrected chi connectivity index (χ0v) is 43.6. The first-order valence-corrected chi connectivity index (χ1v) is 25.0. The lowest BCUT2D eigenvalue weighted by Crippen LogP contribution is -2.50. The summed E-state index contributed by atoms with van der Waals surface area (Å²) < 4.78 is 25.4. The number of rotatable bonds is 3. The Hall–Kier alpha value is -5.17. The maximum Gasteiger partial charge on any atom is 0.339 e. The highest BCUT2D eigenvalue weighted by Crippen LogP contribution is 2.63. The minimum atomic E-state index is -1.43. The van der Waals surface area contributed by atoms with Gasteiger partial charge in [0.25, 0.3) is 0 Å². The highest BCUT2D eigenvalue weighted by molar-refractivity contribution is 6.43. The zero-order valence-electron chi connectivity index (χ0n) is 38.4. The van der Waals surface area contributed by atoms with E-state index in [9.17, 15) is 30.0 Å². The lowest BCUT2D eigenvalue weighted by atomic mass is 9.65. The van der Waals surface area contributed by atoms with Gasteiger partial charge in [0.2, 0.25) is 0 Å². The molecule has 2 aliphatic carbocycles. The van der Waals surface area contributed by atoms with Gasteiger partial charge in [0.15, 0.2) is 11.2 Å². The molecule has 0 aromatic heterocycles. The topological polar surface area (TPSA) is 152 Å². The number of carbonyl (C=O) groups is 2. The van der Waals surface area contributed by atoms with Crippen molar-refractivity contribution in [3.8, 4) is 23.0 Å². The number of aliphatic hydroxyl groups is 2. The predicted octanol–water partition coefficient (Wildman–Crippen LogP) is 16.3. The fraction of sp³-hybridized carbons (Fsp3) is 0.286. The lowest BCUT2D eigenvalue weighted by Gasteiger charge is -2.48. The van der Waals surface area contributed by atoms with Gasteiger partial charge in [-0.2, -0.15) is 0 Å². The second kappa shape index (κ2) is 19.2. The summed E-state index contributed by atoms with van der Waals surface area (Å²) in [6.07, 6.45) is 2.07. The molecule has 6 aliphatic rings. The van der Waals surface area contributed by atoms with Crippen molar-refractivity contribution < 1.29 is 49.0 Å². The third-order valence-corrected chi connectivity index (χ3v) is 16.6. The highest BCUT2D eigenvalue weighted by atomic mass is 35.5. The summed E-state index contributed by atoms with van der Waals surface area (Å²) in [5.41, 5.74) is 2.98. The number of halogens is 7. The van der Waals surface area contributed by atoms with Crippen LogP contribution in [0.15, 0.2) is 107 Å². The van der Waals surface area contributed by atoms with Crippen LogP contribution in [0.25, 0.3) is 5.57 Å². The van der Waals surface area contributed by atoms with Crippen molar-refractivity contribution >= 4 is 98.7 Å². The van der Waals surface area contributed by atoms with Crippen LogP contribution in [-0.2, 0) is 20.7 Å². The van der Waals surface area contributed by atoms with E-state index in [0.29, 0.717) is 55.8 Å². The molecular weight excluding hydrogens is 1080 g/mol. The standard InChI is InChI=1S/C30H23Cl3O5.C24H18Cl4O5.2CH4/c1-13(2)16-9-19-28(24(26(16)35)15-7-5-4-6-8-15)37-27-14(3)25(34)23(33)12-20(27)30(19)18-11-22(32)21(31)10-17(18)29(36)38-30;1-8(2)10-4-13-22(18(28)20(10)30)32-21-9(3)19(29)17(27)7-14(21)24(13)12-6-16(26)15(25)5-11(12)23(31)33-24;;/h4-13,19,28,34-35H,1-3H3;4-8,13,22,29-30H,1-3H3;2*1H4. The number of phenolic OH excluding ortho intramolecular Hbond substituents is 2. The number of allylic oxidation sites excluding steroid dienone is 2. The van der Waals surface area contributed by atoms with Crippen molar-refractivity contribution in [2.45, 2.75) is 79.8 Å². The molecule has 5 aromatic rings. The molecule has 6 atom stereocenters. The molecule has 5 aromatic carbocycles. The van der Waals surface area contributed by atoms with E-state index in [-0.39, 0.29) is 102 Å². The van der Waals surface area contributed by atoms with Crippen molar-refractivity contribution in [1.82, 2.24) is 0 Å². The molecule has 6 unspecified atom stereocenters. The van der Waals surface area contributed by atoms with Gasteiger partial charge >= 0.3 is 11.9 Å². The summed E-state index contributed by atoms with van der Waals surface area (Å²) in [4.78, 5) is 26.5. The number of benzene rings is 5. The number of phenols is 2. The Morgan fingerprint density at radius 3 is 1.34 bits per heavy atom. The van der Waals surface area contributed by atoms with E-state index in [1.807, 2.05) is 70.2 Å². The maximum absolute atomic E-state index is 13.4. The summed E-state index contributed by atoms with van der Waals surface area (Å²) in [6, 6.07) is 18.8. The van der Waals surface area contributed by atoms with Crippen molar-refractivity contribution in [1.29, 1.82) is 0 Å². The Balaban J connectivity index is 0.000000191. The number of fused-ring (bicyclic) bond motifs is 12. The Bertz CT molecular complexity index is 3340. The summed E-state index contributed by atoms with van der Waals surface area (Å²) in [7, 11) is 0. The van der Waals surface area contributed by atoms with Gasteiger partial charge in [-0.3, -0.25) is 0 Å². The largest absolute Gasteiger partial charge is 0.507 e. The predicted molar refractivity (Wildman–Crippen MR) is 288 cm³/mol. The molecule has 0 saturated carbocycles. The third-order valence-electron chi connectivity index (χ3n) is 14.2. The molecule has 17 heteroatoms.